The number of rotatable bonds is 7. The normalized spacial score (nSPS) is 11.4. The lowest BCUT2D eigenvalue weighted by atomic mass is 10.2. The van der Waals surface area contributed by atoms with Crippen molar-refractivity contribution in [1.82, 2.24) is 5.20 Å². The summed E-state index contributed by atoms with van der Waals surface area (Å²) in [6.45, 7) is 3.77. The number of hydrogen-bond donors (Lipinski definition) is 3. The van der Waals surface area contributed by atoms with E-state index in [1.54, 1.807) is 36.4 Å². The van der Waals surface area contributed by atoms with Crippen LogP contribution in [0.15, 0.2) is 71.8 Å². The Morgan fingerprint density at radius 3 is 2.00 bits per heavy atom. The molecule has 150 valence electrons. The molecule has 0 spiro atoms. The predicted octanol–water partition coefficient (Wildman–Crippen LogP) is 4.90. The summed E-state index contributed by atoms with van der Waals surface area (Å²) >= 11 is 0. The topological polar surface area (TPSA) is 100 Å². The lowest BCUT2D eigenvalue weighted by molar-refractivity contribution is 0.372. The highest BCUT2D eigenvalue weighted by Crippen LogP contribution is 2.45. The molecule has 0 saturated carbocycles. The first-order chi connectivity index (χ1) is 13.8. The molecule has 3 aromatic carbocycles. The van der Waals surface area contributed by atoms with E-state index in [-0.39, 0.29) is 11.5 Å². The van der Waals surface area contributed by atoms with Crippen LogP contribution >= 0.6 is 7.75 Å². The maximum Gasteiger partial charge on any atom is 0.557 e. The zero-order valence-electron chi connectivity index (χ0n) is 15.9. The zero-order valence-corrected chi connectivity index (χ0v) is 16.8. The van der Waals surface area contributed by atoms with Crippen LogP contribution in [0.2, 0.25) is 0 Å². The molecule has 3 aromatic rings. The van der Waals surface area contributed by atoms with Gasteiger partial charge in [0.05, 0.1) is 6.21 Å². The third kappa shape index (κ3) is 5.77. The van der Waals surface area contributed by atoms with E-state index in [0.29, 0.717) is 17.1 Å². The molecule has 3 N–H and O–H groups in total. The van der Waals surface area contributed by atoms with Crippen molar-refractivity contribution in [2.75, 3.05) is 0 Å². The molecule has 0 aliphatic rings. The molecule has 0 fully saturated rings. The minimum Gasteiger partial charge on any atom is -0.508 e. The van der Waals surface area contributed by atoms with Crippen molar-refractivity contribution in [2.45, 2.75) is 13.8 Å². The van der Waals surface area contributed by atoms with E-state index in [9.17, 15) is 14.8 Å². The van der Waals surface area contributed by atoms with Gasteiger partial charge in [0.15, 0.2) is 0 Å². The molecule has 29 heavy (non-hydrogen) atoms. The Morgan fingerprint density at radius 2 is 1.48 bits per heavy atom. The maximum absolute atomic E-state index is 13.3. The zero-order chi connectivity index (χ0) is 20.9. The third-order valence-electron chi connectivity index (χ3n) is 3.83. The summed E-state index contributed by atoms with van der Waals surface area (Å²) in [5.74, 6) is 0.459. The van der Waals surface area contributed by atoms with Crippen LogP contribution in [0.5, 0.6) is 23.0 Å². The van der Waals surface area contributed by atoms with Crippen molar-refractivity contribution in [3.05, 3.63) is 83.4 Å². The number of hydrogen-bond acceptors (Lipinski definition) is 6. The maximum atomic E-state index is 13.3. The number of phenols is 2. The van der Waals surface area contributed by atoms with Crippen LogP contribution in [0.4, 0.5) is 0 Å². The van der Waals surface area contributed by atoms with Gasteiger partial charge in [-0.1, -0.05) is 24.3 Å². The van der Waals surface area contributed by atoms with E-state index < -0.39 is 7.75 Å². The molecule has 0 aromatic heterocycles. The first kappa shape index (κ1) is 20.3. The molecule has 0 heterocycles. The number of nitrogens with zero attached hydrogens (tertiary/aromatic N) is 1. The highest BCUT2D eigenvalue weighted by molar-refractivity contribution is 7.52. The summed E-state index contributed by atoms with van der Waals surface area (Å²) in [6.07, 6.45) is 1.25. The van der Waals surface area contributed by atoms with Gasteiger partial charge in [0.1, 0.15) is 23.0 Å². The molecule has 0 saturated heterocycles. The molecule has 0 aliphatic carbocycles. The van der Waals surface area contributed by atoms with E-state index in [4.69, 9.17) is 9.05 Å². The Morgan fingerprint density at radius 1 is 0.897 bits per heavy atom. The Kier molecular flexibility index (Phi) is 6.10. The number of hydrazone groups is 1. The fourth-order valence-corrected chi connectivity index (χ4v) is 3.59. The number of benzene rings is 3. The Labute approximate surface area is 168 Å². The van der Waals surface area contributed by atoms with Crippen LogP contribution in [0.3, 0.4) is 0 Å². The largest absolute Gasteiger partial charge is 0.557 e. The summed E-state index contributed by atoms with van der Waals surface area (Å²) < 4.78 is 24.6. The van der Waals surface area contributed by atoms with Crippen molar-refractivity contribution in [3.8, 4) is 23.0 Å². The van der Waals surface area contributed by atoms with Crippen LogP contribution < -0.4 is 14.2 Å². The van der Waals surface area contributed by atoms with Crippen molar-refractivity contribution in [1.29, 1.82) is 0 Å². The minimum atomic E-state index is -3.94. The van der Waals surface area contributed by atoms with E-state index in [0.717, 1.165) is 11.1 Å². The summed E-state index contributed by atoms with van der Waals surface area (Å²) in [5.41, 5.74) is 2.18. The molecule has 0 aliphatic heterocycles. The fourth-order valence-electron chi connectivity index (χ4n) is 2.49. The fraction of sp³-hybridized carbons (Fsp3) is 0.0952. The smallest absolute Gasteiger partial charge is 0.508 e. The van der Waals surface area contributed by atoms with E-state index >= 15 is 0 Å². The molecule has 7 nitrogen and oxygen atoms in total. The van der Waals surface area contributed by atoms with Crippen LogP contribution in [0.1, 0.15) is 16.7 Å². The van der Waals surface area contributed by atoms with Crippen molar-refractivity contribution >= 4 is 14.0 Å². The number of aryl methyl sites for hydroxylation is 2. The van der Waals surface area contributed by atoms with Crippen molar-refractivity contribution in [2.24, 2.45) is 5.10 Å². The third-order valence-corrected chi connectivity index (χ3v) is 5.09. The summed E-state index contributed by atoms with van der Waals surface area (Å²) in [5, 5.41) is 25.5. The van der Waals surface area contributed by atoms with Gasteiger partial charge in [0.25, 0.3) is 0 Å². The number of aromatic hydroxyl groups is 2. The number of phenolic OH excluding ortho intramolecular Hbond substituents is 2. The molecule has 8 heteroatoms. The molecule has 0 amide bonds. The van der Waals surface area contributed by atoms with E-state index in [1.165, 1.54) is 24.4 Å². The first-order valence-corrected chi connectivity index (χ1v) is 10.3. The molecule has 0 atom stereocenters. The lowest BCUT2D eigenvalue weighted by Crippen LogP contribution is -2.14. The monoisotopic (exact) mass is 412 g/mol. The predicted molar refractivity (Wildman–Crippen MR) is 112 cm³/mol. The SMILES string of the molecule is Cc1cccc(OP(=O)(N/N=C/c2ccc(O)cc2O)Oc2cccc(C)c2)c1. The molecule has 0 bridgehead atoms. The van der Waals surface area contributed by atoms with Gasteiger partial charge in [-0.2, -0.15) is 10.3 Å². The van der Waals surface area contributed by atoms with Gasteiger partial charge in [0, 0.05) is 11.6 Å². The van der Waals surface area contributed by atoms with Crippen molar-refractivity contribution < 1.29 is 23.8 Å². The van der Waals surface area contributed by atoms with Crippen LogP contribution in [-0.2, 0) is 4.57 Å². The molecule has 0 radical (unpaired) electrons. The second-order valence-corrected chi connectivity index (χ2v) is 7.97. The Balaban J connectivity index is 1.85. The average Bonchev–Trinajstić information content (AvgIpc) is 2.63. The highest BCUT2D eigenvalue weighted by atomic mass is 31.2. The van der Waals surface area contributed by atoms with Crippen LogP contribution in [0.25, 0.3) is 0 Å². The molecule has 3 rings (SSSR count). The highest BCUT2D eigenvalue weighted by Gasteiger charge is 2.28. The Bertz CT molecular complexity index is 1030. The standard InChI is InChI=1S/C21H21N2O5P/c1-15-5-3-7-19(11-15)27-29(26,28-20-8-4-6-16(2)12-20)23-22-14-17-9-10-18(24)13-21(17)25/h3-14,24-25H,1-2H3,(H,23,26)/b22-14+. The van der Waals surface area contributed by atoms with Gasteiger partial charge in [-0.15, -0.1) is 0 Å². The minimum absolute atomic E-state index is 0.0798. The summed E-state index contributed by atoms with van der Waals surface area (Å²) in [6, 6.07) is 18.1. The van der Waals surface area contributed by atoms with Crippen LogP contribution in [0, 0.1) is 13.8 Å². The van der Waals surface area contributed by atoms with Crippen LogP contribution in [-0.4, -0.2) is 16.4 Å². The van der Waals surface area contributed by atoms with Gasteiger partial charge in [-0.05, 0) is 61.4 Å². The second kappa shape index (κ2) is 8.71. The van der Waals surface area contributed by atoms with Gasteiger partial charge < -0.3 is 19.3 Å². The molecular formula is C21H21N2O5P. The molecular weight excluding hydrogens is 391 g/mol. The van der Waals surface area contributed by atoms with Gasteiger partial charge in [0.2, 0.25) is 0 Å². The number of nitrogens with one attached hydrogen (secondary N) is 1. The van der Waals surface area contributed by atoms with E-state index in [1.807, 2.05) is 26.0 Å². The second-order valence-electron chi connectivity index (χ2n) is 6.41. The summed E-state index contributed by atoms with van der Waals surface area (Å²) in [4.78, 5) is 0. The summed E-state index contributed by atoms with van der Waals surface area (Å²) in [7, 11) is -3.94. The van der Waals surface area contributed by atoms with Gasteiger partial charge in [-0.25, -0.2) is 4.57 Å². The molecule has 0 unspecified atom stereocenters. The van der Waals surface area contributed by atoms with E-state index in [2.05, 4.69) is 10.3 Å². The van der Waals surface area contributed by atoms with Gasteiger partial charge in [-0.3, -0.25) is 0 Å². The Hall–Kier alpha value is -3.44. The average molecular weight is 412 g/mol. The quantitative estimate of drug-likeness (QED) is 0.290. The van der Waals surface area contributed by atoms with Gasteiger partial charge >= 0.3 is 7.75 Å². The lowest BCUT2D eigenvalue weighted by Gasteiger charge is -2.19. The first-order valence-electron chi connectivity index (χ1n) is 8.78. The van der Waals surface area contributed by atoms with Crippen molar-refractivity contribution in [3.63, 3.8) is 0 Å².